The third-order valence-electron chi connectivity index (χ3n) is 3.07. The van der Waals surface area contributed by atoms with E-state index < -0.39 is 0 Å². The fourth-order valence-electron chi connectivity index (χ4n) is 2.01. The zero-order chi connectivity index (χ0) is 14.7. The van der Waals surface area contributed by atoms with E-state index in [0.29, 0.717) is 29.8 Å². The summed E-state index contributed by atoms with van der Waals surface area (Å²) in [5.41, 5.74) is 8.25. The molecule has 0 aliphatic carbocycles. The van der Waals surface area contributed by atoms with Gasteiger partial charge in [-0.2, -0.15) is 4.98 Å². The van der Waals surface area contributed by atoms with E-state index in [9.17, 15) is 0 Å². The molecule has 0 saturated carbocycles. The molecule has 6 nitrogen and oxygen atoms in total. The topological polar surface area (TPSA) is 90.7 Å². The number of hydrogen-bond acceptors (Lipinski definition) is 6. The largest absolute Gasteiger partial charge is 0.334 e. The molecule has 0 unspecified atom stereocenters. The number of aryl methyl sites for hydroxylation is 1. The number of rotatable bonds is 4. The minimum atomic E-state index is 0.460. The maximum absolute atomic E-state index is 5.54. The highest BCUT2D eigenvalue weighted by Crippen LogP contribution is 2.21. The average molecular weight is 281 g/mol. The molecule has 3 rings (SSSR count). The Morgan fingerprint density at radius 1 is 1.10 bits per heavy atom. The summed E-state index contributed by atoms with van der Waals surface area (Å²) < 4.78 is 5.30. The van der Waals surface area contributed by atoms with Crippen LogP contribution in [0.25, 0.3) is 23.0 Å². The van der Waals surface area contributed by atoms with Crippen molar-refractivity contribution in [3.05, 3.63) is 47.9 Å². The summed E-state index contributed by atoms with van der Waals surface area (Å²) in [5, 5.41) is 3.97. The molecular formula is C15H15N5O. The molecule has 2 heterocycles. The first-order valence-corrected chi connectivity index (χ1v) is 6.69. The minimum absolute atomic E-state index is 0.460. The van der Waals surface area contributed by atoms with E-state index in [1.54, 1.807) is 12.3 Å². The molecule has 0 amide bonds. The third kappa shape index (κ3) is 2.95. The zero-order valence-corrected chi connectivity index (χ0v) is 11.7. The quantitative estimate of drug-likeness (QED) is 0.786. The van der Waals surface area contributed by atoms with Gasteiger partial charge >= 0.3 is 0 Å². The van der Waals surface area contributed by atoms with Gasteiger partial charge in [-0.05, 0) is 43.7 Å². The summed E-state index contributed by atoms with van der Waals surface area (Å²) in [7, 11) is 0. The van der Waals surface area contributed by atoms with Crippen molar-refractivity contribution < 1.29 is 4.52 Å². The molecule has 0 spiro atoms. The maximum atomic E-state index is 5.54. The lowest BCUT2D eigenvalue weighted by atomic mass is 10.1. The predicted molar refractivity (Wildman–Crippen MR) is 78.3 cm³/mol. The Morgan fingerprint density at radius 2 is 1.90 bits per heavy atom. The highest BCUT2D eigenvalue weighted by molar-refractivity contribution is 5.57. The van der Waals surface area contributed by atoms with Crippen LogP contribution in [-0.4, -0.2) is 26.7 Å². The summed E-state index contributed by atoms with van der Waals surface area (Å²) >= 11 is 0. The first kappa shape index (κ1) is 13.4. The van der Waals surface area contributed by atoms with Crippen LogP contribution in [0.1, 0.15) is 11.4 Å². The summed E-state index contributed by atoms with van der Waals surface area (Å²) in [6.07, 6.45) is 2.53. The van der Waals surface area contributed by atoms with Crippen LogP contribution in [0.4, 0.5) is 0 Å². The van der Waals surface area contributed by atoms with Crippen molar-refractivity contribution in [1.82, 2.24) is 20.1 Å². The summed E-state index contributed by atoms with van der Waals surface area (Å²) in [5.74, 6) is 1.60. The molecule has 0 saturated heterocycles. The molecule has 2 aromatic heterocycles. The van der Waals surface area contributed by atoms with Crippen molar-refractivity contribution in [3.8, 4) is 23.0 Å². The van der Waals surface area contributed by atoms with Crippen LogP contribution in [0.5, 0.6) is 0 Å². The van der Waals surface area contributed by atoms with Gasteiger partial charge in [0.25, 0.3) is 5.89 Å². The molecular weight excluding hydrogens is 266 g/mol. The minimum Gasteiger partial charge on any atom is -0.334 e. The van der Waals surface area contributed by atoms with E-state index >= 15 is 0 Å². The molecule has 0 aliphatic heterocycles. The highest BCUT2D eigenvalue weighted by Gasteiger charge is 2.11. The monoisotopic (exact) mass is 281 g/mol. The highest BCUT2D eigenvalue weighted by atomic mass is 16.5. The number of benzene rings is 1. The molecule has 3 aromatic rings. The second-order valence-electron chi connectivity index (χ2n) is 4.65. The first-order chi connectivity index (χ1) is 10.3. The molecule has 0 radical (unpaired) electrons. The van der Waals surface area contributed by atoms with Crippen LogP contribution in [0.2, 0.25) is 0 Å². The molecule has 6 heteroatoms. The Kier molecular flexibility index (Phi) is 3.70. The molecule has 2 N–H and O–H groups in total. The molecule has 106 valence electrons. The Hall–Kier alpha value is -2.60. The van der Waals surface area contributed by atoms with Gasteiger partial charge in [0.2, 0.25) is 5.82 Å². The van der Waals surface area contributed by atoms with Crippen LogP contribution in [0.15, 0.2) is 41.1 Å². The van der Waals surface area contributed by atoms with Crippen LogP contribution >= 0.6 is 0 Å². The standard InChI is InChI=1S/C15H15N5O/c1-10-17-9-7-13(18-10)14-19-15(21-20-14)12-4-2-11(3-5-12)6-8-16/h2-5,7,9H,6,8,16H2,1H3. The SMILES string of the molecule is Cc1nccc(-c2noc(-c3ccc(CCN)cc3)n2)n1. The lowest BCUT2D eigenvalue weighted by Gasteiger charge is -1.99. The van der Waals surface area contributed by atoms with Gasteiger partial charge < -0.3 is 10.3 Å². The van der Waals surface area contributed by atoms with Gasteiger partial charge in [0, 0.05) is 11.8 Å². The molecule has 21 heavy (non-hydrogen) atoms. The van der Waals surface area contributed by atoms with E-state index in [0.717, 1.165) is 12.0 Å². The van der Waals surface area contributed by atoms with Gasteiger partial charge in [-0.25, -0.2) is 9.97 Å². The van der Waals surface area contributed by atoms with Gasteiger partial charge in [0.05, 0.1) is 0 Å². The number of hydrogen-bond donors (Lipinski definition) is 1. The summed E-state index contributed by atoms with van der Waals surface area (Å²) in [6, 6.07) is 9.69. The van der Waals surface area contributed by atoms with Gasteiger partial charge in [-0.15, -0.1) is 0 Å². The van der Waals surface area contributed by atoms with Gasteiger partial charge in [0.1, 0.15) is 11.5 Å². The summed E-state index contributed by atoms with van der Waals surface area (Å²) in [4.78, 5) is 12.7. The Labute approximate surface area is 122 Å². The fraction of sp³-hybridized carbons (Fsp3) is 0.200. The Morgan fingerprint density at radius 3 is 2.62 bits per heavy atom. The lowest BCUT2D eigenvalue weighted by molar-refractivity contribution is 0.432. The van der Waals surface area contributed by atoms with Crippen molar-refractivity contribution in [2.24, 2.45) is 5.73 Å². The van der Waals surface area contributed by atoms with Crippen LogP contribution < -0.4 is 5.73 Å². The number of aromatic nitrogens is 4. The predicted octanol–water partition coefficient (Wildman–Crippen LogP) is 2.00. The van der Waals surface area contributed by atoms with Crippen LogP contribution in [0, 0.1) is 6.92 Å². The van der Waals surface area contributed by atoms with Crippen LogP contribution in [0.3, 0.4) is 0 Å². The molecule has 1 aromatic carbocycles. The smallest absolute Gasteiger partial charge is 0.258 e. The summed E-state index contributed by atoms with van der Waals surface area (Å²) in [6.45, 7) is 2.46. The van der Waals surface area contributed by atoms with Gasteiger partial charge in [-0.1, -0.05) is 17.3 Å². The van der Waals surface area contributed by atoms with E-state index in [4.69, 9.17) is 10.3 Å². The van der Waals surface area contributed by atoms with Crippen LogP contribution in [-0.2, 0) is 6.42 Å². The second kappa shape index (κ2) is 5.80. The number of nitrogens with zero attached hydrogens (tertiary/aromatic N) is 4. The van der Waals surface area contributed by atoms with E-state index in [1.165, 1.54) is 5.56 Å². The Bertz CT molecular complexity index is 736. The molecule has 0 atom stereocenters. The normalized spacial score (nSPS) is 10.8. The maximum Gasteiger partial charge on any atom is 0.258 e. The molecule has 0 fully saturated rings. The molecule has 0 aliphatic rings. The molecule has 0 bridgehead atoms. The van der Waals surface area contributed by atoms with Gasteiger partial charge in [-0.3, -0.25) is 0 Å². The van der Waals surface area contributed by atoms with Crippen molar-refractivity contribution in [2.45, 2.75) is 13.3 Å². The lowest BCUT2D eigenvalue weighted by Crippen LogP contribution is -2.02. The van der Waals surface area contributed by atoms with Crippen molar-refractivity contribution in [2.75, 3.05) is 6.54 Å². The van der Waals surface area contributed by atoms with E-state index in [1.807, 2.05) is 31.2 Å². The zero-order valence-electron chi connectivity index (χ0n) is 11.7. The van der Waals surface area contributed by atoms with E-state index in [-0.39, 0.29) is 0 Å². The van der Waals surface area contributed by atoms with Crippen molar-refractivity contribution in [3.63, 3.8) is 0 Å². The van der Waals surface area contributed by atoms with Crippen molar-refractivity contribution in [1.29, 1.82) is 0 Å². The van der Waals surface area contributed by atoms with Crippen molar-refractivity contribution >= 4 is 0 Å². The second-order valence-corrected chi connectivity index (χ2v) is 4.65. The van der Waals surface area contributed by atoms with E-state index in [2.05, 4.69) is 20.1 Å². The fourth-order valence-corrected chi connectivity index (χ4v) is 2.01. The first-order valence-electron chi connectivity index (χ1n) is 6.69. The van der Waals surface area contributed by atoms with Gasteiger partial charge in [0.15, 0.2) is 0 Å². The third-order valence-corrected chi connectivity index (χ3v) is 3.07. The number of nitrogens with two attached hydrogens (primary N) is 1. The Balaban J connectivity index is 1.87. The average Bonchev–Trinajstić information content (AvgIpc) is 2.98.